The second-order valence-electron chi connectivity index (χ2n) is 7.24. The van der Waals surface area contributed by atoms with Gasteiger partial charge in [-0.25, -0.2) is 0 Å². The smallest absolute Gasteiger partial charge is 0.168 e. The van der Waals surface area contributed by atoms with Gasteiger partial charge in [-0.3, -0.25) is 0 Å². The Morgan fingerprint density at radius 2 is 1.90 bits per heavy atom. The Hall–Kier alpha value is -0.560. The van der Waals surface area contributed by atoms with Crippen LogP contribution in [-0.4, -0.2) is 27.7 Å². The van der Waals surface area contributed by atoms with E-state index in [2.05, 4.69) is 19.8 Å². The second-order valence-corrected chi connectivity index (χ2v) is 7.24. The fraction of sp³-hybridized carbons (Fsp3) is 0.882. The molecule has 112 valence electrons. The van der Waals surface area contributed by atoms with Crippen molar-refractivity contribution >= 4 is 0 Å². The molecule has 3 fully saturated rings. The molecular weight excluding hydrogens is 252 g/mol. The summed E-state index contributed by atoms with van der Waals surface area (Å²) in [6.45, 7) is 4.21. The molecule has 1 aliphatic heterocycles. The molecule has 6 atom stereocenters. The maximum absolute atomic E-state index is 10.9. The van der Waals surface area contributed by atoms with Crippen molar-refractivity contribution in [3.63, 3.8) is 0 Å². The van der Waals surface area contributed by atoms with Crippen LogP contribution in [0.3, 0.4) is 0 Å². The molecule has 20 heavy (non-hydrogen) atoms. The molecule has 3 heteroatoms. The van der Waals surface area contributed by atoms with Crippen molar-refractivity contribution in [3.05, 3.63) is 0 Å². The van der Waals surface area contributed by atoms with Gasteiger partial charge in [0, 0.05) is 17.8 Å². The maximum atomic E-state index is 10.9. The van der Waals surface area contributed by atoms with Crippen LogP contribution in [0.15, 0.2) is 0 Å². The van der Waals surface area contributed by atoms with Gasteiger partial charge in [-0.05, 0) is 44.4 Å². The summed E-state index contributed by atoms with van der Waals surface area (Å²) >= 11 is 0. The molecular formula is C17H26O3. The molecule has 2 N–H and O–H groups in total. The Balaban J connectivity index is 1.90. The summed E-state index contributed by atoms with van der Waals surface area (Å²) in [7, 11) is 0. The summed E-state index contributed by atoms with van der Waals surface area (Å²) in [5, 5.41) is 21.7. The molecule has 3 aliphatic rings. The molecule has 3 nitrogen and oxygen atoms in total. The lowest BCUT2D eigenvalue weighted by molar-refractivity contribution is -0.321. The molecule has 2 saturated carbocycles. The standard InChI is InChI=1S/C17H26O3/c1-4-12-6-7-14-13-8-9-16(18,5-2)15(13,3)10-11-17(14,19)20-12/h2,12-14,18-19H,4,6-11H2,1,3H3. The van der Waals surface area contributed by atoms with Crippen molar-refractivity contribution in [1.29, 1.82) is 0 Å². The third-order valence-electron chi connectivity index (χ3n) is 6.51. The van der Waals surface area contributed by atoms with Crippen LogP contribution in [0.25, 0.3) is 0 Å². The SMILES string of the molecule is C#CC1(O)CCC2C3CCC(CC)OC3(O)CCC21C. The molecule has 0 aromatic rings. The molecule has 3 rings (SSSR count). The van der Waals surface area contributed by atoms with Crippen molar-refractivity contribution < 1.29 is 14.9 Å². The number of terminal acetylenes is 1. The first-order valence-electron chi connectivity index (χ1n) is 7.99. The highest BCUT2D eigenvalue weighted by Crippen LogP contribution is 2.63. The van der Waals surface area contributed by atoms with Gasteiger partial charge < -0.3 is 14.9 Å². The third-order valence-corrected chi connectivity index (χ3v) is 6.51. The zero-order chi connectivity index (χ0) is 14.6. The molecule has 1 heterocycles. The minimum atomic E-state index is -1.01. The lowest BCUT2D eigenvalue weighted by Gasteiger charge is -2.56. The Morgan fingerprint density at radius 1 is 1.15 bits per heavy atom. The number of ether oxygens (including phenoxy) is 1. The summed E-state index contributed by atoms with van der Waals surface area (Å²) < 4.78 is 6.00. The summed E-state index contributed by atoms with van der Waals surface area (Å²) in [5.74, 6) is 2.03. The van der Waals surface area contributed by atoms with Gasteiger partial charge in [-0.15, -0.1) is 6.42 Å². The van der Waals surface area contributed by atoms with Crippen molar-refractivity contribution in [1.82, 2.24) is 0 Å². The Kier molecular flexibility index (Phi) is 3.21. The van der Waals surface area contributed by atoms with E-state index in [1.54, 1.807) is 0 Å². The van der Waals surface area contributed by atoms with Gasteiger partial charge in [0.15, 0.2) is 5.79 Å². The fourth-order valence-electron chi connectivity index (χ4n) is 5.06. The van der Waals surface area contributed by atoms with Crippen LogP contribution < -0.4 is 0 Å². The maximum Gasteiger partial charge on any atom is 0.168 e. The molecule has 0 aromatic heterocycles. The zero-order valence-corrected chi connectivity index (χ0v) is 12.6. The van der Waals surface area contributed by atoms with Gasteiger partial charge in [-0.2, -0.15) is 0 Å². The average molecular weight is 278 g/mol. The quantitative estimate of drug-likeness (QED) is 0.724. The minimum Gasteiger partial charge on any atom is -0.377 e. The van der Waals surface area contributed by atoms with Gasteiger partial charge in [0.25, 0.3) is 0 Å². The third kappa shape index (κ3) is 1.71. The number of aliphatic hydroxyl groups is 2. The van der Waals surface area contributed by atoms with Crippen molar-refractivity contribution in [2.75, 3.05) is 0 Å². The summed E-state index contributed by atoms with van der Waals surface area (Å²) in [6.07, 6.45) is 11.6. The van der Waals surface area contributed by atoms with Gasteiger partial charge in [-0.1, -0.05) is 19.8 Å². The molecule has 0 bridgehead atoms. The zero-order valence-electron chi connectivity index (χ0n) is 12.6. The number of hydrogen-bond donors (Lipinski definition) is 2. The highest BCUT2D eigenvalue weighted by atomic mass is 16.6. The van der Waals surface area contributed by atoms with E-state index < -0.39 is 11.4 Å². The number of fused-ring (bicyclic) bond motifs is 3. The molecule has 6 unspecified atom stereocenters. The highest BCUT2D eigenvalue weighted by molar-refractivity contribution is 5.23. The highest BCUT2D eigenvalue weighted by Gasteiger charge is 2.65. The van der Waals surface area contributed by atoms with Gasteiger partial charge in [0.2, 0.25) is 0 Å². The van der Waals surface area contributed by atoms with E-state index in [9.17, 15) is 10.2 Å². The Bertz CT molecular complexity index is 442. The molecule has 2 aliphatic carbocycles. The second kappa shape index (κ2) is 4.47. The van der Waals surface area contributed by atoms with Crippen LogP contribution in [0, 0.1) is 29.6 Å². The van der Waals surface area contributed by atoms with Crippen LogP contribution >= 0.6 is 0 Å². The minimum absolute atomic E-state index is 0.117. The van der Waals surface area contributed by atoms with E-state index in [0.29, 0.717) is 12.8 Å². The molecule has 0 radical (unpaired) electrons. The van der Waals surface area contributed by atoms with E-state index in [1.807, 2.05) is 0 Å². The molecule has 0 amide bonds. The first-order chi connectivity index (χ1) is 9.38. The van der Waals surface area contributed by atoms with Gasteiger partial charge >= 0.3 is 0 Å². The molecule has 0 spiro atoms. The number of hydrogen-bond acceptors (Lipinski definition) is 3. The monoisotopic (exact) mass is 278 g/mol. The van der Waals surface area contributed by atoms with Crippen LogP contribution in [0.2, 0.25) is 0 Å². The Labute approximate surface area is 121 Å². The van der Waals surface area contributed by atoms with E-state index >= 15 is 0 Å². The molecule has 0 aromatic carbocycles. The van der Waals surface area contributed by atoms with Gasteiger partial charge in [0.05, 0.1) is 6.10 Å². The normalized spacial score (nSPS) is 54.9. The summed E-state index contributed by atoms with van der Waals surface area (Å²) in [5.41, 5.74) is -1.29. The van der Waals surface area contributed by atoms with Crippen LogP contribution in [-0.2, 0) is 4.74 Å². The topological polar surface area (TPSA) is 49.7 Å². The van der Waals surface area contributed by atoms with E-state index in [4.69, 9.17) is 11.2 Å². The average Bonchev–Trinajstić information content (AvgIpc) is 2.71. The van der Waals surface area contributed by atoms with E-state index in [-0.39, 0.29) is 23.4 Å². The number of rotatable bonds is 1. The van der Waals surface area contributed by atoms with E-state index in [1.165, 1.54) is 0 Å². The van der Waals surface area contributed by atoms with Crippen LogP contribution in [0.4, 0.5) is 0 Å². The van der Waals surface area contributed by atoms with Crippen LogP contribution in [0.5, 0.6) is 0 Å². The first-order valence-corrected chi connectivity index (χ1v) is 7.99. The largest absolute Gasteiger partial charge is 0.377 e. The summed E-state index contributed by atoms with van der Waals surface area (Å²) in [4.78, 5) is 0. The van der Waals surface area contributed by atoms with Crippen molar-refractivity contribution in [2.24, 2.45) is 17.3 Å². The lowest BCUT2D eigenvalue weighted by atomic mass is 9.56. The summed E-state index contributed by atoms with van der Waals surface area (Å²) in [6, 6.07) is 0. The predicted octanol–water partition coefficient (Wildman–Crippen LogP) is 2.45. The lowest BCUT2D eigenvalue weighted by Crippen LogP contribution is -2.59. The predicted molar refractivity (Wildman–Crippen MR) is 76.7 cm³/mol. The molecule has 1 saturated heterocycles. The first kappa shape index (κ1) is 14.4. The van der Waals surface area contributed by atoms with Gasteiger partial charge in [0.1, 0.15) is 5.60 Å². The van der Waals surface area contributed by atoms with Crippen molar-refractivity contribution in [3.8, 4) is 12.3 Å². The van der Waals surface area contributed by atoms with Crippen molar-refractivity contribution in [2.45, 2.75) is 76.3 Å². The fourth-order valence-corrected chi connectivity index (χ4v) is 5.06. The Morgan fingerprint density at radius 3 is 2.55 bits per heavy atom. The van der Waals surface area contributed by atoms with Crippen LogP contribution in [0.1, 0.15) is 58.8 Å². The van der Waals surface area contributed by atoms with E-state index in [0.717, 1.165) is 32.1 Å².